The monoisotopic (exact) mass is 184 g/mol. The summed E-state index contributed by atoms with van der Waals surface area (Å²) < 4.78 is 0. The van der Waals surface area contributed by atoms with Gasteiger partial charge in [-0.25, -0.2) is 0 Å². The Labute approximate surface area is 80.3 Å². The van der Waals surface area contributed by atoms with Gasteiger partial charge >= 0.3 is 0 Å². The van der Waals surface area contributed by atoms with Crippen molar-refractivity contribution in [3.63, 3.8) is 0 Å². The fraction of sp³-hybridized carbons (Fsp3) is 0.900. The zero-order valence-corrected chi connectivity index (χ0v) is 8.60. The van der Waals surface area contributed by atoms with Crippen molar-refractivity contribution in [3.05, 3.63) is 0 Å². The summed E-state index contributed by atoms with van der Waals surface area (Å²) in [5, 5.41) is 6.30. The van der Waals surface area contributed by atoms with Crippen molar-refractivity contribution in [2.45, 2.75) is 26.7 Å². The Balaban J connectivity index is 2.31. The molecule has 1 amide bonds. The number of hydrogen-bond acceptors (Lipinski definition) is 2. The van der Waals surface area contributed by atoms with Crippen LogP contribution in [0.2, 0.25) is 0 Å². The van der Waals surface area contributed by atoms with E-state index in [0.717, 1.165) is 25.6 Å². The maximum Gasteiger partial charge on any atom is 0.216 e. The second kappa shape index (κ2) is 5.22. The maximum atomic E-state index is 10.8. The van der Waals surface area contributed by atoms with Crippen molar-refractivity contribution in [1.82, 2.24) is 10.6 Å². The van der Waals surface area contributed by atoms with Crippen LogP contribution in [0.5, 0.6) is 0 Å². The van der Waals surface area contributed by atoms with Gasteiger partial charge in [0, 0.05) is 13.5 Å². The predicted octanol–water partition coefficient (Wildman–Crippen LogP) is 0.758. The molecule has 0 unspecified atom stereocenters. The van der Waals surface area contributed by atoms with E-state index >= 15 is 0 Å². The van der Waals surface area contributed by atoms with Crippen LogP contribution in [0.4, 0.5) is 0 Å². The van der Waals surface area contributed by atoms with E-state index in [-0.39, 0.29) is 5.91 Å². The second-order valence-corrected chi connectivity index (χ2v) is 3.86. The van der Waals surface area contributed by atoms with Gasteiger partial charge in [-0.2, -0.15) is 0 Å². The van der Waals surface area contributed by atoms with E-state index in [0.29, 0.717) is 5.92 Å². The van der Waals surface area contributed by atoms with Crippen molar-refractivity contribution in [2.24, 2.45) is 11.8 Å². The summed E-state index contributed by atoms with van der Waals surface area (Å²) in [4.78, 5) is 10.8. The molecule has 1 saturated heterocycles. The van der Waals surface area contributed by atoms with Gasteiger partial charge < -0.3 is 10.6 Å². The Bertz CT molecular complexity index is 170. The molecule has 1 heterocycles. The third-order valence-corrected chi connectivity index (χ3v) is 2.90. The molecule has 1 aliphatic rings. The first-order chi connectivity index (χ1) is 6.24. The number of carbonyl (C=O) groups is 1. The van der Waals surface area contributed by atoms with Gasteiger partial charge in [0.05, 0.1) is 0 Å². The van der Waals surface area contributed by atoms with Crippen molar-refractivity contribution < 1.29 is 4.79 Å². The molecule has 1 rings (SSSR count). The fourth-order valence-corrected chi connectivity index (χ4v) is 2.00. The van der Waals surface area contributed by atoms with Gasteiger partial charge in [-0.1, -0.05) is 13.3 Å². The van der Waals surface area contributed by atoms with E-state index < -0.39 is 0 Å². The molecule has 0 radical (unpaired) electrons. The molecule has 1 aliphatic heterocycles. The Kier molecular flexibility index (Phi) is 4.22. The Morgan fingerprint density at radius 2 is 2.31 bits per heavy atom. The quantitative estimate of drug-likeness (QED) is 0.680. The summed E-state index contributed by atoms with van der Waals surface area (Å²) in [6, 6.07) is 0. The molecule has 0 aromatic heterocycles. The Morgan fingerprint density at radius 3 is 2.92 bits per heavy atom. The van der Waals surface area contributed by atoms with Gasteiger partial charge in [0.25, 0.3) is 0 Å². The molecule has 0 aromatic carbocycles. The van der Waals surface area contributed by atoms with Gasteiger partial charge in [0.2, 0.25) is 5.91 Å². The molecule has 13 heavy (non-hydrogen) atoms. The standard InChI is InChI=1S/C10H20N2O/c1-3-9-6-11-5-4-10(9)7-12-8(2)13/h9-11H,3-7H2,1-2H3,(H,12,13)/t9-,10+/m1/s1. The average Bonchev–Trinajstić information content (AvgIpc) is 2.15. The van der Waals surface area contributed by atoms with Crippen molar-refractivity contribution >= 4 is 5.91 Å². The minimum absolute atomic E-state index is 0.0911. The summed E-state index contributed by atoms with van der Waals surface area (Å²) in [7, 11) is 0. The van der Waals surface area contributed by atoms with Crippen molar-refractivity contribution in [3.8, 4) is 0 Å². The lowest BCUT2D eigenvalue weighted by Crippen LogP contribution is -2.41. The number of rotatable bonds is 3. The molecule has 2 N–H and O–H groups in total. The number of carbonyl (C=O) groups excluding carboxylic acids is 1. The summed E-state index contributed by atoms with van der Waals surface area (Å²) in [5.41, 5.74) is 0. The van der Waals surface area contributed by atoms with E-state index in [4.69, 9.17) is 0 Å². The smallest absolute Gasteiger partial charge is 0.216 e. The lowest BCUT2D eigenvalue weighted by Gasteiger charge is -2.31. The third kappa shape index (κ3) is 3.35. The van der Waals surface area contributed by atoms with E-state index in [1.54, 1.807) is 6.92 Å². The summed E-state index contributed by atoms with van der Waals surface area (Å²) in [6.07, 6.45) is 2.40. The van der Waals surface area contributed by atoms with E-state index in [1.807, 2.05) is 0 Å². The minimum atomic E-state index is 0.0911. The topological polar surface area (TPSA) is 41.1 Å². The predicted molar refractivity (Wildman–Crippen MR) is 53.4 cm³/mol. The Morgan fingerprint density at radius 1 is 1.54 bits per heavy atom. The highest BCUT2D eigenvalue weighted by atomic mass is 16.1. The van der Waals surface area contributed by atoms with E-state index in [9.17, 15) is 4.79 Å². The summed E-state index contributed by atoms with van der Waals surface area (Å²) >= 11 is 0. The third-order valence-electron chi connectivity index (χ3n) is 2.90. The molecule has 0 aliphatic carbocycles. The van der Waals surface area contributed by atoms with Gasteiger partial charge in [0.15, 0.2) is 0 Å². The van der Waals surface area contributed by atoms with Gasteiger partial charge in [0.1, 0.15) is 0 Å². The fourth-order valence-electron chi connectivity index (χ4n) is 2.00. The highest BCUT2D eigenvalue weighted by Gasteiger charge is 2.22. The highest BCUT2D eigenvalue weighted by Crippen LogP contribution is 2.20. The molecule has 0 spiro atoms. The maximum absolute atomic E-state index is 10.8. The van der Waals surface area contributed by atoms with Crippen LogP contribution in [0.15, 0.2) is 0 Å². The molecule has 0 saturated carbocycles. The second-order valence-electron chi connectivity index (χ2n) is 3.86. The van der Waals surface area contributed by atoms with E-state index in [1.165, 1.54) is 12.8 Å². The van der Waals surface area contributed by atoms with Crippen molar-refractivity contribution in [2.75, 3.05) is 19.6 Å². The lowest BCUT2D eigenvalue weighted by atomic mass is 9.84. The van der Waals surface area contributed by atoms with Crippen LogP contribution in [-0.2, 0) is 4.79 Å². The lowest BCUT2D eigenvalue weighted by molar-refractivity contribution is -0.119. The SMILES string of the molecule is CC[C@@H]1CNCC[C@H]1CNC(C)=O. The molecule has 1 fully saturated rings. The van der Waals surface area contributed by atoms with Crippen LogP contribution in [0.3, 0.4) is 0 Å². The summed E-state index contributed by atoms with van der Waals surface area (Å²) in [6.45, 7) is 6.87. The van der Waals surface area contributed by atoms with Crippen LogP contribution >= 0.6 is 0 Å². The van der Waals surface area contributed by atoms with E-state index in [2.05, 4.69) is 17.6 Å². The van der Waals surface area contributed by atoms with Crippen LogP contribution in [0.25, 0.3) is 0 Å². The average molecular weight is 184 g/mol. The first-order valence-electron chi connectivity index (χ1n) is 5.19. The number of piperidine rings is 1. The van der Waals surface area contributed by atoms with Gasteiger partial charge in [-0.05, 0) is 31.3 Å². The molecule has 76 valence electrons. The minimum Gasteiger partial charge on any atom is -0.356 e. The zero-order valence-electron chi connectivity index (χ0n) is 8.60. The number of hydrogen-bond donors (Lipinski definition) is 2. The first kappa shape index (κ1) is 10.5. The Hall–Kier alpha value is -0.570. The molecule has 0 bridgehead atoms. The van der Waals surface area contributed by atoms with Crippen molar-refractivity contribution in [1.29, 1.82) is 0 Å². The molecule has 0 aromatic rings. The first-order valence-corrected chi connectivity index (χ1v) is 5.19. The molecular weight excluding hydrogens is 164 g/mol. The normalized spacial score (nSPS) is 28.5. The molecular formula is C10H20N2O. The molecule has 3 heteroatoms. The highest BCUT2D eigenvalue weighted by molar-refractivity contribution is 5.72. The van der Waals surface area contributed by atoms with Crippen LogP contribution in [0.1, 0.15) is 26.7 Å². The number of amides is 1. The summed E-state index contributed by atoms with van der Waals surface area (Å²) in [5.74, 6) is 1.50. The van der Waals surface area contributed by atoms with Gasteiger partial charge in [-0.3, -0.25) is 4.79 Å². The largest absolute Gasteiger partial charge is 0.356 e. The zero-order chi connectivity index (χ0) is 9.68. The number of nitrogens with one attached hydrogen (secondary N) is 2. The van der Waals surface area contributed by atoms with Crippen LogP contribution < -0.4 is 10.6 Å². The van der Waals surface area contributed by atoms with Crippen LogP contribution in [-0.4, -0.2) is 25.5 Å². The molecule has 3 nitrogen and oxygen atoms in total. The van der Waals surface area contributed by atoms with Gasteiger partial charge in [-0.15, -0.1) is 0 Å². The molecule has 2 atom stereocenters. The van der Waals surface area contributed by atoms with Crippen LogP contribution in [0, 0.1) is 11.8 Å².